The van der Waals surface area contributed by atoms with Crippen LogP contribution in [0.1, 0.15) is 17.9 Å². The van der Waals surface area contributed by atoms with Crippen LogP contribution in [0.5, 0.6) is 5.75 Å². The standard InChI is InChI=1S/C36H46N2O13S/c1-44-28-6-8-29(9-7-28)52(42,43)38(10-14-39)13-17-49-34-25-27(31-26-50-32-5-3-2-4-30(32)35(31)40)24-33(51-34)36(41)37-11-15-45-18-20-47-22-23-48-21-19-46-16-12-37/h2-9,24,26-27,34,39H,10-23,25H2,1H3. The summed E-state index contributed by atoms with van der Waals surface area (Å²) >= 11 is 0. The smallest absolute Gasteiger partial charge is 0.288 e. The molecule has 2 aliphatic rings. The maximum absolute atomic E-state index is 14.1. The zero-order chi connectivity index (χ0) is 36.8. The first-order chi connectivity index (χ1) is 25.3. The van der Waals surface area contributed by atoms with Crippen LogP contribution in [0.2, 0.25) is 0 Å². The summed E-state index contributed by atoms with van der Waals surface area (Å²) in [4.78, 5) is 29.3. The number of hydrogen-bond donors (Lipinski definition) is 1. The molecule has 15 nitrogen and oxygen atoms in total. The van der Waals surface area contributed by atoms with Crippen molar-refractivity contribution in [1.29, 1.82) is 0 Å². The SMILES string of the molecule is COc1ccc(S(=O)(=O)N(CCO)CCOC2CC(c3coc4ccccc4c3=O)C=C(C(=O)N3CCOCCOCCOCCOCC3)O2)cc1. The molecule has 0 radical (unpaired) electrons. The average Bonchev–Trinajstić information content (AvgIpc) is 3.17. The van der Waals surface area contributed by atoms with Gasteiger partial charge in [0.25, 0.3) is 5.91 Å². The van der Waals surface area contributed by atoms with E-state index in [0.29, 0.717) is 61.9 Å². The maximum Gasteiger partial charge on any atom is 0.288 e. The number of sulfonamides is 1. The number of carbonyl (C=O) groups excluding carboxylic acids is 1. The van der Waals surface area contributed by atoms with Crippen LogP contribution in [0.25, 0.3) is 11.0 Å². The van der Waals surface area contributed by atoms with Gasteiger partial charge < -0.3 is 47.6 Å². The summed E-state index contributed by atoms with van der Waals surface area (Å²) in [6, 6.07) is 12.8. The van der Waals surface area contributed by atoms with Crippen molar-refractivity contribution in [2.24, 2.45) is 0 Å². The van der Waals surface area contributed by atoms with Crippen LogP contribution in [0.15, 0.2) is 80.7 Å². The number of allylic oxidation sites excluding steroid dienone is 1. The zero-order valence-electron chi connectivity index (χ0n) is 29.2. The number of aliphatic hydroxyl groups excluding tert-OH is 1. The fourth-order valence-electron chi connectivity index (χ4n) is 5.70. The number of amides is 1. The lowest BCUT2D eigenvalue weighted by molar-refractivity contribution is -0.153. The van der Waals surface area contributed by atoms with Crippen molar-refractivity contribution in [3.05, 3.63) is 82.4 Å². The molecule has 1 fully saturated rings. The van der Waals surface area contributed by atoms with E-state index in [9.17, 15) is 23.1 Å². The molecule has 2 unspecified atom stereocenters. The Labute approximate surface area is 302 Å². The van der Waals surface area contributed by atoms with Crippen LogP contribution >= 0.6 is 0 Å². The highest BCUT2D eigenvalue weighted by Crippen LogP contribution is 2.32. The number of fused-ring (bicyclic) bond motifs is 1. The molecule has 1 amide bonds. The van der Waals surface area contributed by atoms with E-state index in [-0.39, 0.29) is 68.5 Å². The first-order valence-electron chi connectivity index (χ1n) is 17.2. The highest BCUT2D eigenvalue weighted by atomic mass is 32.2. The summed E-state index contributed by atoms with van der Waals surface area (Å²) in [6.45, 7) is 2.40. The number of hydrogen-bond acceptors (Lipinski definition) is 13. The van der Waals surface area contributed by atoms with Gasteiger partial charge in [-0.15, -0.1) is 0 Å². The second kappa shape index (κ2) is 19.8. The first kappa shape index (κ1) is 39.3. The van der Waals surface area contributed by atoms with Crippen molar-refractivity contribution >= 4 is 26.9 Å². The van der Waals surface area contributed by atoms with Crippen LogP contribution < -0.4 is 10.2 Å². The van der Waals surface area contributed by atoms with Crippen molar-refractivity contribution in [3.8, 4) is 5.75 Å². The Morgan fingerprint density at radius 1 is 0.904 bits per heavy atom. The lowest BCUT2D eigenvalue weighted by Crippen LogP contribution is -2.41. The van der Waals surface area contributed by atoms with Gasteiger partial charge in [0, 0.05) is 44.1 Å². The highest BCUT2D eigenvalue weighted by molar-refractivity contribution is 7.89. The van der Waals surface area contributed by atoms with E-state index in [1.165, 1.54) is 37.6 Å². The van der Waals surface area contributed by atoms with Crippen molar-refractivity contribution < 1.29 is 55.9 Å². The largest absolute Gasteiger partial charge is 0.497 e. The topological polar surface area (TPSA) is 173 Å². The molecule has 52 heavy (non-hydrogen) atoms. The van der Waals surface area contributed by atoms with Gasteiger partial charge >= 0.3 is 0 Å². The van der Waals surface area contributed by atoms with E-state index < -0.39 is 34.7 Å². The Hall–Kier alpha value is -3.87. The summed E-state index contributed by atoms with van der Waals surface area (Å²) < 4.78 is 73.5. The predicted molar refractivity (Wildman–Crippen MR) is 187 cm³/mol. The molecule has 1 N–H and O–H groups in total. The van der Waals surface area contributed by atoms with Crippen LogP contribution in [-0.2, 0) is 43.2 Å². The molecule has 1 aromatic heterocycles. The molecule has 0 saturated carbocycles. The molecule has 2 atom stereocenters. The fourth-order valence-corrected chi connectivity index (χ4v) is 7.12. The van der Waals surface area contributed by atoms with Crippen molar-refractivity contribution in [1.82, 2.24) is 9.21 Å². The van der Waals surface area contributed by atoms with E-state index in [1.807, 2.05) is 0 Å². The van der Waals surface area contributed by atoms with E-state index in [4.69, 9.17) is 37.6 Å². The quantitative estimate of drug-likeness (QED) is 0.303. The Kier molecular flexibility index (Phi) is 15.0. The lowest BCUT2D eigenvalue weighted by Gasteiger charge is -2.32. The molecule has 2 aromatic carbocycles. The minimum atomic E-state index is -4.00. The third kappa shape index (κ3) is 10.6. The third-order valence-corrected chi connectivity index (χ3v) is 10.4. The molecule has 0 spiro atoms. The Morgan fingerprint density at radius 3 is 2.17 bits per heavy atom. The number of para-hydroxylation sites is 1. The van der Waals surface area contributed by atoms with Crippen LogP contribution in [0, 0.1) is 0 Å². The van der Waals surface area contributed by atoms with Crippen LogP contribution in [0.3, 0.4) is 0 Å². The lowest BCUT2D eigenvalue weighted by atomic mass is 9.93. The highest BCUT2D eigenvalue weighted by Gasteiger charge is 2.33. The minimum Gasteiger partial charge on any atom is -0.497 e. The van der Waals surface area contributed by atoms with Crippen LogP contribution in [-0.4, -0.2) is 134 Å². The Morgan fingerprint density at radius 2 is 1.54 bits per heavy atom. The molecule has 2 aliphatic heterocycles. The predicted octanol–water partition coefficient (Wildman–Crippen LogP) is 2.12. The number of carbonyl (C=O) groups is 1. The summed E-state index contributed by atoms with van der Waals surface area (Å²) in [5.41, 5.74) is 0.486. The third-order valence-electron chi connectivity index (χ3n) is 8.48. The van der Waals surface area contributed by atoms with Gasteiger partial charge in [0.05, 0.1) is 89.7 Å². The zero-order valence-corrected chi connectivity index (χ0v) is 30.0. The monoisotopic (exact) mass is 746 g/mol. The number of nitrogens with zero attached hydrogens (tertiary/aromatic N) is 2. The number of ether oxygens (including phenoxy) is 7. The van der Waals surface area contributed by atoms with Gasteiger partial charge in [0.2, 0.25) is 16.3 Å². The molecule has 0 aliphatic carbocycles. The van der Waals surface area contributed by atoms with Gasteiger partial charge in [0.15, 0.2) is 11.2 Å². The van der Waals surface area contributed by atoms with Gasteiger partial charge in [0.1, 0.15) is 11.3 Å². The van der Waals surface area contributed by atoms with E-state index in [0.717, 1.165) is 4.31 Å². The summed E-state index contributed by atoms with van der Waals surface area (Å²) in [5.74, 6) is -0.648. The van der Waals surface area contributed by atoms with Gasteiger partial charge in [-0.1, -0.05) is 12.1 Å². The van der Waals surface area contributed by atoms with Crippen molar-refractivity contribution in [2.75, 3.05) is 99.4 Å². The Bertz CT molecular complexity index is 1760. The minimum absolute atomic E-state index is 0.0235. The van der Waals surface area contributed by atoms with Crippen molar-refractivity contribution in [2.45, 2.75) is 23.5 Å². The van der Waals surface area contributed by atoms with Crippen LogP contribution in [0.4, 0.5) is 0 Å². The molecule has 284 valence electrons. The molecule has 3 aromatic rings. The van der Waals surface area contributed by atoms with Crippen molar-refractivity contribution in [3.63, 3.8) is 0 Å². The molecule has 1 saturated heterocycles. The Balaban J connectivity index is 1.35. The number of aliphatic hydroxyl groups is 1. The number of rotatable bonds is 11. The van der Waals surface area contributed by atoms with E-state index in [2.05, 4.69) is 0 Å². The molecule has 16 heteroatoms. The second-order valence-electron chi connectivity index (χ2n) is 11.9. The second-order valence-corrected chi connectivity index (χ2v) is 13.8. The molecule has 5 rings (SSSR count). The van der Waals surface area contributed by atoms with Gasteiger partial charge in [-0.2, -0.15) is 4.31 Å². The molecular formula is C36H46N2O13S. The first-order valence-corrected chi connectivity index (χ1v) is 18.6. The number of methoxy groups -OCH3 is 1. The van der Waals surface area contributed by atoms with E-state index in [1.54, 1.807) is 35.2 Å². The normalized spacial score (nSPS) is 20.1. The molecule has 3 heterocycles. The van der Waals surface area contributed by atoms with Gasteiger partial charge in [-0.3, -0.25) is 9.59 Å². The molecular weight excluding hydrogens is 700 g/mol. The average molecular weight is 747 g/mol. The summed E-state index contributed by atoms with van der Waals surface area (Å²) in [5, 5.41) is 10.1. The van der Waals surface area contributed by atoms with E-state index >= 15 is 0 Å². The number of benzene rings is 2. The maximum atomic E-state index is 14.1. The fraction of sp³-hybridized carbons (Fsp3) is 0.500. The summed E-state index contributed by atoms with van der Waals surface area (Å²) in [6.07, 6.45) is 2.08. The molecule has 0 bridgehead atoms. The van der Waals surface area contributed by atoms with Gasteiger partial charge in [-0.05, 0) is 42.5 Å². The summed E-state index contributed by atoms with van der Waals surface area (Å²) in [7, 11) is -2.52. The van der Waals surface area contributed by atoms with Gasteiger partial charge in [-0.25, -0.2) is 8.42 Å².